The van der Waals surface area contributed by atoms with Gasteiger partial charge in [-0.05, 0) is 36.2 Å². The van der Waals surface area contributed by atoms with E-state index in [-0.39, 0.29) is 23.7 Å². The van der Waals surface area contributed by atoms with Crippen molar-refractivity contribution in [2.45, 2.75) is 18.4 Å². The van der Waals surface area contributed by atoms with Crippen molar-refractivity contribution >= 4 is 11.6 Å². The zero-order valence-electron chi connectivity index (χ0n) is 13.8. The van der Waals surface area contributed by atoms with Crippen LogP contribution in [0.2, 0.25) is 0 Å². The molecule has 2 atom stereocenters. The maximum Gasteiger partial charge on any atom is 0.270 e. The van der Waals surface area contributed by atoms with Crippen molar-refractivity contribution in [2.24, 2.45) is 0 Å². The molecule has 1 aliphatic carbocycles. The number of carbonyl (C=O) groups is 1. The van der Waals surface area contributed by atoms with E-state index in [1.807, 2.05) is 18.2 Å². The van der Waals surface area contributed by atoms with Crippen LogP contribution in [0.5, 0.6) is 0 Å². The van der Waals surface area contributed by atoms with Gasteiger partial charge < -0.3 is 15.0 Å². The van der Waals surface area contributed by atoms with E-state index in [0.717, 1.165) is 30.8 Å². The minimum absolute atomic E-state index is 0.0446. The van der Waals surface area contributed by atoms with Crippen molar-refractivity contribution in [1.82, 2.24) is 10.3 Å². The molecule has 25 heavy (non-hydrogen) atoms. The molecule has 6 heteroatoms. The number of aromatic nitrogens is 1. The molecule has 0 unspecified atom stereocenters. The molecule has 1 saturated carbocycles. The van der Waals surface area contributed by atoms with Gasteiger partial charge in [0, 0.05) is 36.9 Å². The smallest absolute Gasteiger partial charge is 0.270 e. The summed E-state index contributed by atoms with van der Waals surface area (Å²) in [4.78, 5) is 18.9. The monoisotopic (exact) mass is 341 g/mol. The first-order valence-corrected chi connectivity index (χ1v) is 8.56. The maximum atomic E-state index is 13.3. The van der Waals surface area contributed by atoms with E-state index in [2.05, 4.69) is 15.2 Å². The molecule has 0 radical (unpaired) electrons. The second-order valence-corrected chi connectivity index (χ2v) is 6.48. The van der Waals surface area contributed by atoms with E-state index in [0.29, 0.717) is 18.9 Å². The quantitative estimate of drug-likeness (QED) is 0.927. The summed E-state index contributed by atoms with van der Waals surface area (Å²) in [5.41, 5.74) is 2.33. The molecule has 1 aromatic carbocycles. The van der Waals surface area contributed by atoms with Gasteiger partial charge in [-0.3, -0.25) is 9.78 Å². The summed E-state index contributed by atoms with van der Waals surface area (Å²) in [6.07, 6.45) is 2.50. The van der Waals surface area contributed by atoms with Crippen LogP contribution in [0.1, 0.15) is 28.4 Å². The van der Waals surface area contributed by atoms with Gasteiger partial charge in [0.1, 0.15) is 11.5 Å². The fourth-order valence-corrected chi connectivity index (χ4v) is 3.26. The number of amides is 1. The number of morpholine rings is 1. The van der Waals surface area contributed by atoms with Gasteiger partial charge in [0.2, 0.25) is 0 Å². The summed E-state index contributed by atoms with van der Waals surface area (Å²) in [5.74, 6) is -0.240. The number of pyridine rings is 1. The molecule has 2 aromatic rings. The summed E-state index contributed by atoms with van der Waals surface area (Å²) < 4.78 is 18.7. The van der Waals surface area contributed by atoms with E-state index in [1.165, 1.54) is 12.1 Å². The lowest BCUT2D eigenvalue weighted by atomic mass is 10.1. The van der Waals surface area contributed by atoms with Crippen molar-refractivity contribution in [3.8, 4) is 0 Å². The Morgan fingerprint density at radius 3 is 2.88 bits per heavy atom. The zero-order valence-corrected chi connectivity index (χ0v) is 13.8. The number of benzene rings is 1. The van der Waals surface area contributed by atoms with Gasteiger partial charge in [-0.15, -0.1) is 0 Å². The Morgan fingerprint density at radius 2 is 2.08 bits per heavy atom. The molecule has 5 nitrogen and oxygen atoms in total. The molecule has 1 amide bonds. The molecule has 0 spiro atoms. The summed E-state index contributed by atoms with van der Waals surface area (Å²) in [6.45, 7) is 3.02. The highest BCUT2D eigenvalue weighted by Crippen LogP contribution is 2.41. The van der Waals surface area contributed by atoms with Crippen LogP contribution in [0.3, 0.4) is 0 Å². The van der Waals surface area contributed by atoms with E-state index in [1.54, 1.807) is 12.3 Å². The number of hydrogen-bond acceptors (Lipinski definition) is 4. The highest BCUT2D eigenvalue weighted by molar-refractivity contribution is 5.93. The predicted octanol–water partition coefficient (Wildman–Crippen LogP) is 2.34. The number of carbonyl (C=O) groups excluding carboxylic acids is 1. The van der Waals surface area contributed by atoms with Crippen molar-refractivity contribution in [2.75, 3.05) is 31.2 Å². The van der Waals surface area contributed by atoms with Crippen molar-refractivity contribution < 1.29 is 13.9 Å². The fraction of sp³-hybridized carbons (Fsp3) is 0.368. The van der Waals surface area contributed by atoms with E-state index >= 15 is 0 Å². The van der Waals surface area contributed by atoms with Crippen LogP contribution in [0.4, 0.5) is 10.1 Å². The van der Waals surface area contributed by atoms with Crippen LogP contribution < -0.4 is 10.2 Å². The number of nitrogens with zero attached hydrogens (tertiary/aromatic N) is 2. The Balaban J connectivity index is 1.40. The summed E-state index contributed by atoms with van der Waals surface area (Å²) in [6, 6.07) is 10.3. The summed E-state index contributed by atoms with van der Waals surface area (Å²) in [7, 11) is 0. The molecule has 1 aliphatic heterocycles. The molecule has 2 aliphatic rings. The summed E-state index contributed by atoms with van der Waals surface area (Å²) in [5, 5.41) is 3.00. The fourth-order valence-electron chi connectivity index (χ4n) is 3.26. The van der Waals surface area contributed by atoms with E-state index in [9.17, 15) is 9.18 Å². The zero-order chi connectivity index (χ0) is 17.2. The first kappa shape index (κ1) is 16.0. The van der Waals surface area contributed by atoms with Gasteiger partial charge in [0.05, 0.1) is 13.2 Å². The third-order valence-electron chi connectivity index (χ3n) is 4.74. The molecule has 4 rings (SSSR count). The minimum Gasteiger partial charge on any atom is -0.378 e. The summed E-state index contributed by atoms with van der Waals surface area (Å²) >= 11 is 0. The van der Waals surface area contributed by atoms with Crippen LogP contribution in [0.15, 0.2) is 42.6 Å². The van der Waals surface area contributed by atoms with Gasteiger partial charge in [0.15, 0.2) is 0 Å². The Kier molecular flexibility index (Phi) is 4.36. The molecule has 2 heterocycles. The second-order valence-electron chi connectivity index (χ2n) is 6.48. The Bertz CT molecular complexity index is 777. The number of halogens is 1. The normalized spacial score (nSPS) is 22.5. The molecule has 2 fully saturated rings. The van der Waals surface area contributed by atoms with Gasteiger partial charge in [0.25, 0.3) is 5.91 Å². The van der Waals surface area contributed by atoms with Gasteiger partial charge in [-0.2, -0.15) is 0 Å². The van der Waals surface area contributed by atoms with Crippen molar-refractivity contribution in [3.05, 3.63) is 59.7 Å². The number of hydrogen-bond donors (Lipinski definition) is 1. The first-order valence-electron chi connectivity index (χ1n) is 8.56. The van der Waals surface area contributed by atoms with Gasteiger partial charge in [-0.1, -0.05) is 12.1 Å². The third kappa shape index (κ3) is 3.64. The molecule has 1 aromatic heterocycles. The topological polar surface area (TPSA) is 54.5 Å². The SMILES string of the molecule is O=C(N[C@@H]1C[C@H]1c1cccc(F)c1)c1cc(N2CCOCC2)ccn1. The molecule has 1 saturated heterocycles. The highest BCUT2D eigenvalue weighted by atomic mass is 19.1. The number of nitrogens with one attached hydrogen (secondary N) is 1. The van der Waals surface area contributed by atoms with Gasteiger partial charge >= 0.3 is 0 Å². The van der Waals surface area contributed by atoms with Crippen LogP contribution >= 0.6 is 0 Å². The predicted molar refractivity (Wildman–Crippen MR) is 92.3 cm³/mol. The Labute approximate surface area is 145 Å². The molecular weight excluding hydrogens is 321 g/mol. The van der Waals surface area contributed by atoms with Crippen molar-refractivity contribution in [3.63, 3.8) is 0 Å². The van der Waals surface area contributed by atoms with Crippen LogP contribution in [0.25, 0.3) is 0 Å². The number of ether oxygens (including phenoxy) is 1. The lowest BCUT2D eigenvalue weighted by Crippen LogP contribution is -2.36. The number of anilines is 1. The molecule has 130 valence electrons. The number of rotatable bonds is 4. The second kappa shape index (κ2) is 6.80. The largest absolute Gasteiger partial charge is 0.378 e. The Hall–Kier alpha value is -2.47. The molecule has 1 N–H and O–H groups in total. The van der Waals surface area contributed by atoms with Gasteiger partial charge in [-0.25, -0.2) is 4.39 Å². The maximum absolute atomic E-state index is 13.3. The highest BCUT2D eigenvalue weighted by Gasteiger charge is 2.39. The minimum atomic E-state index is -0.241. The lowest BCUT2D eigenvalue weighted by Gasteiger charge is -2.28. The molecular formula is C19H20FN3O2. The lowest BCUT2D eigenvalue weighted by molar-refractivity contribution is 0.0945. The third-order valence-corrected chi connectivity index (χ3v) is 4.74. The standard InChI is InChI=1S/C19H20FN3O2/c20-14-3-1-2-13(10-14)16-12-17(16)22-19(24)18-11-15(4-5-21-18)23-6-8-25-9-7-23/h1-5,10-11,16-17H,6-9,12H2,(H,22,24)/t16-,17+/m0/s1. The van der Waals surface area contributed by atoms with E-state index in [4.69, 9.17) is 4.74 Å². The Morgan fingerprint density at radius 1 is 1.24 bits per heavy atom. The molecule has 0 bridgehead atoms. The first-order chi connectivity index (χ1) is 12.2. The van der Waals surface area contributed by atoms with Crippen LogP contribution in [-0.4, -0.2) is 43.2 Å². The van der Waals surface area contributed by atoms with Crippen molar-refractivity contribution in [1.29, 1.82) is 0 Å². The van der Waals surface area contributed by atoms with E-state index < -0.39 is 0 Å². The van der Waals surface area contributed by atoms with Crippen LogP contribution in [0, 0.1) is 5.82 Å². The average molecular weight is 341 g/mol. The average Bonchev–Trinajstić information content (AvgIpc) is 3.42. The van der Waals surface area contributed by atoms with Crippen LogP contribution in [-0.2, 0) is 4.74 Å².